The van der Waals surface area contributed by atoms with E-state index in [0.717, 1.165) is 30.1 Å². The number of ether oxygens (including phenoxy) is 2. The lowest BCUT2D eigenvalue weighted by molar-refractivity contribution is -0.169. The summed E-state index contributed by atoms with van der Waals surface area (Å²) in [5.74, 6) is 0.862. The van der Waals surface area contributed by atoms with Gasteiger partial charge in [0.05, 0.1) is 29.9 Å². The molecular weight excluding hydrogens is 539 g/mol. The van der Waals surface area contributed by atoms with E-state index in [2.05, 4.69) is 20.2 Å². The van der Waals surface area contributed by atoms with E-state index < -0.39 is 23.7 Å². The fraction of sp³-hybridized carbons (Fsp3) is 0.571. The number of anilines is 4. The van der Waals surface area contributed by atoms with E-state index in [1.165, 1.54) is 0 Å². The SMILES string of the molecule is CCCNc1nc(COC(=N)N2CCC[C@@H]2C(F)(F)F)nc2c1C(C)(C)C(=O)N2c1ccc(N2CCOCC2)cc1. The number of nitrogens with one attached hydrogen (secondary N) is 2. The van der Waals surface area contributed by atoms with Gasteiger partial charge in [-0.1, -0.05) is 6.92 Å². The molecule has 1 amide bonds. The van der Waals surface area contributed by atoms with Gasteiger partial charge >= 0.3 is 6.18 Å². The normalized spacial score (nSPS) is 20.4. The Hall–Kier alpha value is -3.61. The van der Waals surface area contributed by atoms with Crippen LogP contribution in [-0.4, -0.2) is 78.4 Å². The maximum absolute atomic E-state index is 13.8. The van der Waals surface area contributed by atoms with E-state index in [4.69, 9.17) is 14.9 Å². The molecule has 2 aromatic rings. The molecule has 2 N–H and O–H groups in total. The number of hydrogen-bond donors (Lipinski definition) is 2. The van der Waals surface area contributed by atoms with E-state index in [-0.39, 0.29) is 31.3 Å². The van der Waals surface area contributed by atoms with Crippen LogP contribution in [0.2, 0.25) is 0 Å². The van der Waals surface area contributed by atoms with Crippen LogP contribution in [0.1, 0.15) is 51.4 Å². The Balaban J connectivity index is 1.44. The van der Waals surface area contributed by atoms with Crippen LogP contribution in [0.3, 0.4) is 0 Å². The van der Waals surface area contributed by atoms with Crippen molar-refractivity contribution in [3.63, 3.8) is 0 Å². The molecule has 1 aromatic carbocycles. The van der Waals surface area contributed by atoms with E-state index in [1.54, 1.807) is 4.90 Å². The first kappa shape index (κ1) is 28.9. The van der Waals surface area contributed by atoms with Gasteiger partial charge in [-0.25, -0.2) is 9.97 Å². The summed E-state index contributed by atoms with van der Waals surface area (Å²) in [4.78, 5) is 27.8. The third-order valence-corrected chi connectivity index (χ3v) is 7.77. The molecule has 3 aliphatic rings. The molecule has 222 valence electrons. The molecule has 41 heavy (non-hydrogen) atoms. The Morgan fingerprint density at radius 2 is 1.83 bits per heavy atom. The summed E-state index contributed by atoms with van der Waals surface area (Å²) in [6, 6.07) is 5.39. The summed E-state index contributed by atoms with van der Waals surface area (Å²) in [5, 5.41) is 11.5. The summed E-state index contributed by atoms with van der Waals surface area (Å²) < 4.78 is 51.2. The maximum atomic E-state index is 13.8. The highest BCUT2D eigenvalue weighted by Crippen LogP contribution is 2.47. The van der Waals surface area contributed by atoms with E-state index >= 15 is 0 Å². The lowest BCUT2D eigenvalue weighted by Crippen LogP contribution is -2.45. The number of morpholine rings is 1. The molecule has 0 spiro atoms. The Bertz CT molecular complexity index is 1280. The van der Waals surface area contributed by atoms with Crippen molar-refractivity contribution in [3.05, 3.63) is 35.7 Å². The van der Waals surface area contributed by atoms with Crippen LogP contribution in [0.15, 0.2) is 24.3 Å². The number of aromatic nitrogens is 2. The fourth-order valence-electron chi connectivity index (χ4n) is 5.59. The molecule has 5 rings (SSSR count). The number of amides is 1. The number of likely N-dealkylation sites (tertiary alicyclic amines) is 1. The largest absolute Gasteiger partial charge is 0.457 e. The van der Waals surface area contributed by atoms with Gasteiger partial charge in [0, 0.05) is 31.9 Å². The lowest BCUT2D eigenvalue weighted by atomic mass is 9.87. The average molecular weight is 576 g/mol. The molecule has 1 aromatic heterocycles. The standard InChI is InChI=1S/C28H36F3N7O3/c1-4-11-33-23-22-24(35-21(34-23)17-41-26(32)37-12-5-6-20(37)28(29,30)31)38(25(39)27(22,2)3)19-9-7-18(8-10-19)36-13-15-40-16-14-36/h7-10,20,32H,4-6,11-17H2,1-3H3,(H,33,34,35)/t20-/m1/s1. The molecule has 0 saturated carbocycles. The third kappa shape index (κ3) is 5.64. The molecule has 2 saturated heterocycles. The topological polar surface area (TPSA) is 107 Å². The Labute approximate surface area is 237 Å². The van der Waals surface area contributed by atoms with Crippen LogP contribution >= 0.6 is 0 Å². The first-order chi connectivity index (χ1) is 19.5. The lowest BCUT2D eigenvalue weighted by Gasteiger charge is -2.29. The molecule has 13 heteroatoms. The zero-order chi connectivity index (χ0) is 29.4. The minimum Gasteiger partial charge on any atom is -0.457 e. The van der Waals surface area contributed by atoms with Crippen molar-refractivity contribution in [3.8, 4) is 0 Å². The molecule has 3 aliphatic heterocycles. The highest BCUT2D eigenvalue weighted by atomic mass is 19.4. The minimum atomic E-state index is -4.45. The van der Waals surface area contributed by atoms with Crippen LogP contribution < -0.4 is 15.1 Å². The summed E-state index contributed by atoms with van der Waals surface area (Å²) in [7, 11) is 0. The number of benzene rings is 1. The zero-order valence-corrected chi connectivity index (χ0v) is 23.6. The van der Waals surface area contributed by atoms with Crippen LogP contribution in [0.5, 0.6) is 0 Å². The van der Waals surface area contributed by atoms with Gasteiger partial charge in [0.15, 0.2) is 12.4 Å². The van der Waals surface area contributed by atoms with Crippen molar-refractivity contribution >= 4 is 34.9 Å². The third-order valence-electron chi connectivity index (χ3n) is 7.77. The number of carbonyl (C=O) groups is 1. The highest BCUT2D eigenvalue weighted by Gasteiger charge is 2.49. The molecule has 0 bridgehead atoms. The summed E-state index contributed by atoms with van der Waals surface area (Å²) in [6.45, 7) is 8.94. The van der Waals surface area contributed by atoms with Gasteiger partial charge in [-0.15, -0.1) is 0 Å². The second-order valence-electron chi connectivity index (χ2n) is 11.0. The van der Waals surface area contributed by atoms with Crippen molar-refractivity contribution in [1.29, 1.82) is 5.41 Å². The zero-order valence-electron chi connectivity index (χ0n) is 23.6. The van der Waals surface area contributed by atoms with Gasteiger partial charge in [0.2, 0.25) is 5.91 Å². The second kappa shape index (κ2) is 11.3. The smallest absolute Gasteiger partial charge is 0.408 e. The number of nitrogens with zero attached hydrogens (tertiary/aromatic N) is 5. The van der Waals surface area contributed by atoms with Crippen molar-refractivity contribution < 1.29 is 27.4 Å². The van der Waals surface area contributed by atoms with Crippen LogP contribution in [0, 0.1) is 5.41 Å². The number of rotatable bonds is 7. The summed E-state index contributed by atoms with van der Waals surface area (Å²) in [5.41, 5.74) is 1.38. The van der Waals surface area contributed by atoms with Gasteiger partial charge in [0.1, 0.15) is 17.7 Å². The summed E-state index contributed by atoms with van der Waals surface area (Å²) >= 11 is 0. The summed E-state index contributed by atoms with van der Waals surface area (Å²) in [6.07, 6.45) is -3.39. The maximum Gasteiger partial charge on any atom is 0.408 e. The molecule has 1 atom stereocenters. The van der Waals surface area contributed by atoms with Gasteiger partial charge < -0.3 is 24.6 Å². The minimum absolute atomic E-state index is 0.0772. The molecular formula is C28H36F3N7O3. The van der Waals surface area contributed by atoms with E-state index in [0.29, 0.717) is 49.1 Å². The fourth-order valence-corrected chi connectivity index (χ4v) is 5.59. The molecule has 4 heterocycles. The first-order valence-electron chi connectivity index (χ1n) is 14.0. The van der Waals surface area contributed by atoms with Crippen molar-refractivity contribution in [2.45, 2.75) is 64.3 Å². The predicted octanol–water partition coefficient (Wildman–Crippen LogP) is 4.57. The number of alkyl halides is 3. The van der Waals surface area contributed by atoms with Gasteiger partial charge in [-0.05, 0) is 57.4 Å². The van der Waals surface area contributed by atoms with Crippen molar-refractivity contribution in [1.82, 2.24) is 14.9 Å². The quantitative estimate of drug-likeness (QED) is 0.365. The Morgan fingerprint density at radius 3 is 2.49 bits per heavy atom. The van der Waals surface area contributed by atoms with Crippen LogP contribution in [0.4, 0.5) is 36.2 Å². The molecule has 10 nitrogen and oxygen atoms in total. The number of fused-ring (bicyclic) bond motifs is 1. The molecule has 0 aliphatic carbocycles. The highest BCUT2D eigenvalue weighted by molar-refractivity contribution is 6.12. The van der Waals surface area contributed by atoms with E-state index in [9.17, 15) is 18.0 Å². The molecule has 0 radical (unpaired) electrons. The van der Waals surface area contributed by atoms with Gasteiger partial charge in [-0.3, -0.25) is 15.1 Å². The molecule has 0 unspecified atom stereocenters. The first-order valence-corrected chi connectivity index (χ1v) is 14.0. The van der Waals surface area contributed by atoms with Crippen LogP contribution in [0.25, 0.3) is 0 Å². The number of carbonyl (C=O) groups excluding carboxylic acids is 1. The number of amidine groups is 1. The van der Waals surface area contributed by atoms with Crippen LogP contribution in [-0.2, 0) is 26.3 Å². The molecule has 2 fully saturated rings. The van der Waals surface area contributed by atoms with Gasteiger partial charge in [0.25, 0.3) is 6.02 Å². The number of hydrogen-bond acceptors (Lipinski definition) is 8. The number of halogens is 3. The predicted molar refractivity (Wildman–Crippen MR) is 149 cm³/mol. The Morgan fingerprint density at radius 1 is 1.15 bits per heavy atom. The van der Waals surface area contributed by atoms with E-state index in [1.807, 2.05) is 45.0 Å². The van der Waals surface area contributed by atoms with Crippen molar-refractivity contribution in [2.24, 2.45) is 0 Å². The van der Waals surface area contributed by atoms with Gasteiger partial charge in [-0.2, -0.15) is 13.2 Å². The second-order valence-corrected chi connectivity index (χ2v) is 11.0. The monoisotopic (exact) mass is 575 g/mol. The Kier molecular flexibility index (Phi) is 8.00. The van der Waals surface area contributed by atoms with Crippen molar-refractivity contribution in [2.75, 3.05) is 54.5 Å². The average Bonchev–Trinajstić information content (AvgIpc) is 3.53.